The number of rotatable bonds is 7. The molecule has 0 bridgehead atoms. The zero-order chi connectivity index (χ0) is 15.2. The molecule has 0 aromatic heterocycles. The van der Waals surface area contributed by atoms with Crippen LogP contribution in [-0.2, 0) is 19.8 Å². The zero-order valence-corrected chi connectivity index (χ0v) is 14.7. The molecule has 0 aliphatic carbocycles. The molecule has 0 heterocycles. The van der Waals surface area contributed by atoms with Gasteiger partial charge in [-0.15, -0.1) is 11.8 Å². The van der Waals surface area contributed by atoms with Gasteiger partial charge in [-0.05, 0) is 31.5 Å². The Kier molecular flexibility index (Phi) is 6.80. The lowest BCUT2D eigenvalue weighted by atomic mass is 10.2. The van der Waals surface area contributed by atoms with Crippen LogP contribution in [0.3, 0.4) is 0 Å². The lowest BCUT2D eigenvalue weighted by molar-refractivity contribution is 0.219. The molecule has 1 rings (SSSR count). The molecule has 5 heteroatoms. The van der Waals surface area contributed by atoms with Crippen molar-refractivity contribution in [3.63, 3.8) is 0 Å². The van der Waals surface area contributed by atoms with Gasteiger partial charge in [0.05, 0.1) is 19.4 Å². The van der Waals surface area contributed by atoms with Crippen molar-refractivity contribution in [2.24, 2.45) is 0 Å². The molecular weight excluding hydrogens is 291 g/mol. The van der Waals surface area contributed by atoms with E-state index in [0.717, 1.165) is 5.56 Å². The van der Waals surface area contributed by atoms with Crippen LogP contribution in [0.2, 0.25) is 0 Å². The number of benzene rings is 1. The van der Waals surface area contributed by atoms with E-state index in [1.807, 2.05) is 37.7 Å². The van der Waals surface area contributed by atoms with Gasteiger partial charge in [0.1, 0.15) is 0 Å². The summed E-state index contributed by atoms with van der Waals surface area (Å²) in [6.07, 6.45) is 0.329. The summed E-state index contributed by atoms with van der Waals surface area (Å²) in [4.78, 5) is 1.21. The quantitative estimate of drug-likeness (QED) is 0.502. The zero-order valence-electron chi connectivity index (χ0n) is 13.0. The average Bonchev–Trinajstić information content (AvgIpc) is 2.30. The van der Waals surface area contributed by atoms with E-state index in [4.69, 9.17) is 9.05 Å². The van der Waals surface area contributed by atoms with E-state index in [1.165, 1.54) is 4.90 Å². The molecule has 20 heavy (non-hydrogen) atoms. The van der Waals surface area contributed by atoms with Crippen molar-refractivity contribution in [3.05, 3.63) is 29.8 Å². The molecule has 1 aromatic carbocycles. The largest absolute Gasteiger partial charge is 0.335 e. The van der Waals surface area contributed by atoms with Crippen LogP contribution >= 0.6 is 19.4 Å². The molecule has 0 spiro atoms. The second-order valence-electron chi connectivity index (χ2n) is 5.46. The monoisotopic (exact) mass is 316 g/mol. The van der Waals surface area contributed by atoms with Crippen molar-refractivity contribution in [3.8, 4) is 0 Å². The Labute approximate surface area is 127 Å². The SMILES string of the molecule is CCOP(=O)(Cc1ccc(SC(C)(C)C)cc1)OCC. The lowest BCUT2D eigenvalue weighted by Crippen LogP contribution is -2.06. The van der Waals surface area contributed by atoms with E-state index >= 15 is 0 Å². The van der Waals surface area contributed by atoms with Gasteiger partial charge in [0.2, 0.25) is 0 Å². The molecule has 0 fully saturated rings. The highest BCUT2D eigenvalue weighted by Crippen LogP contribution is 2.51. The van der Waals surface area contributed by atoms with E-state index in [-0.39, 0.29) is 4.75 Å². The first-order chi connectivity index (χ1) is 9.28. The average molecular weight is 316 g/mol. The third-order valence-electron chi connectivity index (χ3n) is 2.38. The highest BCUT2D eigenvalue weighted by molar-refractivity contribution is 8.00. The fourth-order valence-electron chi connectivity index (χ4n) is 1.76. The Morgan fingerprint density at radius 2 is 1.55 bits per heavy atom. The summed E-state index contributed by atoms with van der Waals surface area (Å²) in [6, 6.07) is 8.12. The first kappa shape index (κ1) is 17.8. The molecule has 0 aliphatic rings. The van der Waals surface area contributed by atoms with E-state index in [1.54, 1.807) is 0 Å². The first-order valence-corrected chi connectivity index (χ1v) is 9.48. The molecule has 3 nitrogen and oxygen atoms in total. The van der Waals surface area contributed by atoms with E-state index in [9.17, 15) is 4.57 Å². The van der Waals surface area contributed by atoms with Crippen molar-refractivity contribution < 1.29 is 13.6 Å². The molecule has 0 atom stereocenters. The minimum Gasteiger partial charge on any atom is -0.309 e. The van der Waals surface area contributed by atoms with Gasteiger partial charge in [-0.25, -0.2) is 0 Å². The summed E-state index contributed by atoms with van der Waals surface area (Å²) < 4.78 is 23.3. The second-order valence-corrected chi connectivity index (χ2v) is 9.42. The summed E-state index contributed by atoms with van der Waals surface area (Å²) in [5.74, 6) is 0. The smallest absolute Gasteiger partial charge is 0.309 e. The van der Waals surface area contributed by atoms with E-state index in [2.05, 4.69) is 32.9 Å². The standard InChI is InChI=1S/C15H25O3PS/c1-6-17-19(16,18-7-2)12-13-8-10-14(11-9-13)20-15(3,4)5/h8-11H,6-7,12H2,1-5H3. The summed E-state index contributed by atoms with van der Waals surface area (Å²) >= 11 is 1.82. The summed E-state index contributed by atoms with van der Waals surface area (Å²) in [5.41, 5.74) is 0.980. The Balaban J connectivity index is 2.75. The van der Waals surface area contributed by atoms with Crippen molar-refractivity contribution in [1.29, 1.82) is 0 Å². The van der Waals surface area contributed by atoms with Gasteiger partial charge >= 0.3 is 7.60 Å². The second kappa shape index (κ2) is 7.65. The van der Waals surface area contributed by atoms with Crippen LogP contribution in [0, 0.1) is 0 Å². The predicted molar refractivity (Wildman–Crippen MR) is 86.6 cm³/mol. The molecule has 0 saturated carbocycles. The molecular formula is C15H25O3PS. The van der Waals surface area contributed by atoms with Crippen LogP contribution in [0.25, 0.3) is 0 Å². The van der Waals surface area contributed by atoms with Gasteiger partial charge in [0.25, 0.3) is 0 Å². The highest BCUT2D eigenvalue weighted by atomic mass is 32.2. The normalized spacial score (nSPS) is 12.7. The third kappa shape index (κ3) is 6.45. The Morgan fingerprint density at radius 3 is 1.95 bits per heavy atom. The van der Waals surface area contributed by atoms with Crippen molar-refractivity contribution in [2.45, 2.75) is 50.4 Å². The van der Waals surface area contributed by atoms with E-state index < -0.39 is 7.60 Å². The minimum absolute atomic E-state index is 0.188. The first-order valence-electron chi connectivity index (χ1n) is 6.94. The molecule has 1 aromatic rings. The molecule has 0 amide bonds. The van der Waals surface area contributed by atoms with Gasteiger partial charge in [-0.3, -0.25) is 4.57 Å². The third-order valence-corrected chi connectivity index (χ3v) is 5.55. The topological polar surface area (TPSA) is 35.5 Å². The van der Waals surface area contributed by atoms with Crippen LogP contribution in [0.15, 0.2) is 29.2 Å². The van der Waals surface area contributed by atoms with Gasteiger partial charge in [-0.2, -0.15) is 0 Å². The van der Waals surface area contributed by atoms with Gasteiger partial charge in [-0.1, -0.05) is 32.9 Å². The van der Waals surface area contributed by atoms with Crippen molar-refractivity contribution in [2.75, 3.05) is 13.2 Å². The van der Waals surface area contributed by atoms with Crippen LogP contribution in [0.5, 0.6) is 0 Å². The van der Waals surface area contributed by atoms with E-state index in [0.29, 0.717) is 19.4 Å². The summed E-state index contributed by atoms with van der Waals surface area (Å²) in [5, 5.41) is 0. The molecule has 0 saturated heterocycles. The molecule has 0 unspecified atom stereocenters. The Bertz CT molecular complexity index is 441. The highest BCUT2D eigenvalue weighted by Gasteiger charge is 2.24. The van der Waals surface area contributed by atoms with Crippen molar-refractivity contribution >= 4 is 19.4 Å². The van der Waals surface area contributed by atoms with Crippen LogP contribution < -0.4 is 0 Å². The molecule has 0 radical (unpaired) electrons. The molecule has 0 aliphatic heterocycles. The number of thioether (sulfide) groups is 1. The van der Waals surface area contributed by atoms with Crippen molar-refractivity contribution in [1.82, 2.24) is 0 Å². The fourth-order valence-corrected chi connectivity index (χ4v) is 4.44. The summed E-state index contributed by atoms with van der Waals surface area (Å²) in [7, 11) is -3.00. The number of hydrogen-bond donors (Lipinski definition) is 0. The minimum atomic E-state index is -3.00. The maximum atomic E-state index is 12.4. The Hall–Kier alpha value is -0.280. The maximum Gasteiger partial charge on any atom is 0.335 e. The molecule has 114 valence electrons. The fraction of sp³-hybridized carbons (Fsp3) is 0.600. The maximum absolute atomic E-state index is 12.4. The number of hydrogen-bond acceptors (Lipinski definition) is 4. The predicted octanol–water partition coefficient (Wildman–Crippen LogP) is 5.34. The van der Waals surface area contributed by atoms with Crippen LogP contribution in [0.1, 0.15) is 40.2 Å². The summed E-state index contributed by atoms with van der Waals surface area (Å²) in [6.45, 7) is 11.0. The van der Waals surface area contributed by atoms with Gasteiger partial charge in [0, 0.05) is 9.64 Å². The van der Waals surface area contributed by atoms with Crippen LogP contribution in [-0.4, -0.2) is 18.0 Å². The van der Waals surface area contributed by atoms with Gasteiger partial charge < -0.3 is 9.05 Å². The Morgan fingerprint density at radius 1 is 1.05 bits per heavy atom. The van der Waals surface area contributed by atoms with Crippen LogP contribution in [0.4, 0.5) is 0 Å². The molecule has 0 N–H and O–H groups in total. The van der Waals surface area contributed by atoms with Gasteiger partial charge in [0.15, 0.2) is 0 Å². The lowest BCUT2D eigenvalue weighted by Gasteiger charge is -2.19.